The molecule has 1 aromatic rings. The number of nitrogens with one attached hydrogen (secondary N) is 2. The van der Waals surface area contributed by atoms with Crippen molar-refractivity contribution in [1.29, 1.82) is 0 Å². The summed E-state index contributed by atoms with van der Waals surface area (Å²) in [4.78, 5) is 11.6. The third-order valence-electron chi connectivity index (χ3n) is 3.13. The Kier molecular flexibility index (Phi) is 5.76. The van der Waals surface area contributed by atoms with E-state index in [1.807, 2.05) is 0 Å². The quantitative estimate of drug-likeness (QED) is 0.774. The SMILES string of the molecule is O=C(CNCC1CC1)NCc1cc(Cl)ccc1OC(F)F. The first-order valence-electron chi connectivity index (χ1n) is 6.75. The summed E-state index contributed by atoms with van der Waals surface area (Å²) in [5.74, 6) is 0.510. The number of carbonyl (C=O) groups is 1. The van der Waals surface area contributed by atoms with Gasteiger partial charge in [0.1, 0.15) is 5.75 Å². The average molecular weight is 319 g/mol. The maximum atomic E-state index is 12.3. The lowest BCUT2D eigenvalue weighted by atomic mass is 10.2. The zero-order chi connectivity index (χ0) is 15.2. The minimum atomic E-state index is -2.92. The lowest BCUT2D eigenvalue weighted by Gasteiger charge is -2.12. The standard InChI is InChI=1S/C14H17ClF2N2O2/c15-11-3-4-12(21-14(16)17)10(5-11)7-19-13(20)8-18-6-9-1-2-9/h3-5,9,14,18H,1-2,6-8H2,(H,19,20). The van der Waals surface area contributed by atoms with E-state index < -0.39 is 6.61 Å². The lowest BCUT2D eigenvalue weighted by molar-refractivity contribution is -0.120. The van der Waals surface area contributed by atoms with Crippen LogP contribution in [0.25, 0.3) is 0 Å². The van der Waals surface area contributed by atoms with Crippen molar-refractivity contribution in [3.05, 3.63) is 28.8 Å². The van der Waals surface area contributed by atoms with Crippen LogP contribution in [-0.4, -0.2) is 25.6 Å². The summed E-state index contributed by atoms with van der Waals surface area (Å²) in [7, 11) is 0. The number of amides is 1. The molecule has 1 aliphatic rings. The number of hydrogen-bond acceptors (Lipinski definition) is 3. The predicted octanol–water partition coefficient (Wildman–Crippen LogP) is 2.56. The number of ether oxygens (including phenoxy) is 1. The second-order valence-corrected chi connectivity index (χ2v) is 5.42. The largest absolute Gasteiger partial charge is 0.434 e. The molecule has 2 N–H and O–H groups in total. The zero-order valence-electron chi connectivity index (χ0n) is 11.4. The van der Waals surface area contributed by atoms with Gasteiger partial charge in [0.05, 0.1) is 6.54 Å². The third-order valence-corrected chi connectivity index (χ3v) is 3.37. The molecule has 7 heteroatoms. The van der Waals surface area contributed by atoms with E-state index in [4.69, 9.17) is 11.6 Å². The van der Waals surface area contributed by atoms with Gasteiger partial charge in [-0.15, -0.1) is 0 Å². The molecule has 21 heavy (non-hydrogen) atoms. The van der Waals surface area contributed by atoms with Crippen molar-refractivity contribution in [2.45, 2.75) is 26.0 Å². The smallest absolute Gasteiger partial charge is 0.387 e. The van der Waals surface area contributed by atoms with E-state index in [0.717, 1.165) is 6.54 Å². The first kappa shape index (κ1) is 16.0. The fourth-order valence-corrected chi connectivity index (χ4v) is 2.06. The van der Waals surface area contributed by atoms with Gasteiger partial charge < -0.3 is 15.4 Å². The molecule has 4 nitrogen and oxygen atoms in total. The summed E-state index contributed by atoms with van der Waals surface area (Å²) < 4.78 is 29.0. The van der Waals surface area contributed by atoms with Gasteiger partial charge in [-0.1, -0.05) is 11.6 Å². The van der Waals surface area contributed by atoms with Crippen LogP contribution in [0.3, 0.4) is 0 Å². The Balaban J connectivity index is 1.82. The van der Waals surface area contributed by atoms with Gasteiger partial charge in [-0.3, -0.25) is 4.79 Å². The molecule has 0 bridgehead atoms. The molecule has 0 saturated heterocycles. The van der Waals surface area contributed by atoms with Crippen LogP contribution in [0.15, 0.2) is 18.2 Å². The molecule has 1 fully saturated rings. The summed E-state index contributed by atoms with van der Waals surface area (Å²) in [5, 5.41) is 6.10. The van der Waals surface area contributed by atoms with Crippen LogP contribution in [0, 0.1) is 5.92 Å². The summed E-state index contributed by atoms with van der Waals surface area (Å²) in [5.41, 5.74) is 0.415. The molecule has 0 spiro atoms. The molecule has 1 saturated carbocycles. The van der Waals surface area contributed by atoms with Crippen molar-refractivity contribution in [2.24, 2.45) is 5.92 Å². The lowest BCUT2D eigenvalue weighted by Crippen LogP contribution is -2.34. The summed E-state index contributed by atoms with van der Waals surface area (Å²) in [6.45, 7) is -1.78. The monoisotopic (exact) mass is 318 g/mol. The van der Waals surface area contributed by atoms with E-state index in [2.05, 4.69) is 15.4 Å². The topological polar surface area (TPSA) is 50.4 Å². The van der Waals surface area contributed by atoms with Gasteiger partial charge in [-0.25, -0.2) is 0 Å². The molecule has 1 aliphatic carbocycles. The number of halogens is 3. The van der Waals surface area contributed by atoms with Gasteiger partial charge >= 0.3 is 6.61 Å². The minimum absolute atomic E-state index is 0.0145. The van der Waals surface area contributed by atoms with Crippen molar-refractivity contribution in [1.82, 2.24) is 10.6 Å². The van der Waals surface area contributed by atoms with Gasteiger partial charge in [-0.05, 0) is 43.5 Å². The third kappa shape index (κ3) is 5.85. The molecule has 1 amide bonds. The van der Waals surface area contributed by atoms with E-state index in [0.29, 0.717) is 16.5 Å². The van der Waals surface area contributed by atoms with Crippen molar-refractivity contribution in [3.8, 4) is 5.75 Å². The average Bonchev–Trinajstić information content (AvgIpc) is 3.22. The Hall–Kier alpha value is -1.40. The van der Waals surface area contributed by atoms with Gasteiger partial charge in [0.15, 0.2) is 0 Å². The van der Waals surface area contributed by atoms with Crippen LogP contribution in [0.4, 0.5) is 8.78 Å². The van der Waals surface area contributed by atoms with Gasteiger partial charge in [-0.2, -0.15) is 8.78 Å². The zero-order valence-corrected chi connectivity index (χ0v) is 12.1. The number of alkyl halides is 2. The summed E-state index contributed by atoms with van der Waals surface area (Å²) in [6.07, 6.45) is 2.43. The van der Waals surface area contributed by atoms with Crippen LogP contribution < -0.4 is 15.4 Å². The highest BCUT2D eigenvalue weighted by Crippen LogP contribution is 2.27. The molecule has 1 aromatic carbocycles. The molecule has 0 atom stereocenters. The first-order valence-corrected chi connectivity index (χ1v) is 7.13. The Bertz CT molecular complexity index is 496. The molecule has 2 rings (SSSR count). The maximum Gasteiger partial charge on any atom is 0.387 e. The molecule has 0 unspecified atom stereocenters. The number of hydrogen-bond donors (Lipinski definition) is 2. The fraction of sp³-hybridized carbons (Fsp3) is 0.500. The van der Waals surface area contributed by atoms with E-state index in [1.54, 1.807) is 0 Å². The van der Waals surface area contributed by atoms with Crippen molar-refractivity contribution in [2.75, 3.05) is 13.1 Å². The molecule has 0 aromatic heterocycles. The Morgan fingerprint density at radius 2 is 2.19 bits per heavy atom. The van der Waals surface area contributed by atoms with Gasteiger partial charge in [0.2, 0.25) is 5.91 Å². The van der Waals surface area contributed by atoms with E-state index in [1.165, 1.54) is 31.0 Å². The van der Waals surface area contributed by atoms with Gasteiger partial charge in [0.25, 0.3) is 0 Å². The van der Waals surface area contributed by atoms with Crippen molar-refractivity contribution >= 4 is 17.5 Å². The fourth-order valence-electron chi connectivity index (χ4n) is 1.87. The highest BCUT2D eigenvalue weighted by Gasteiger charge is 2.20. The second kappa shape index (κ2) is 7.56. The normalized spacial score (nSPS) is 14.3. The van der Waals surface area contributed by atoms with Crippen LogP contribution in [0.5, 0.6) is 5.75 Å². The number of benzene rings is 1. The highest BCUT2D eigenvalue weighted by atomic mass is 35.5. The molecular formula is C14H17ClF2N2O2. The van der Waals surface area contributed by atoms with E-state index >= 15 is 0 Å². The van der Waals surface area contributed by atoms with Crippen LogP contribution in [0.2, 0.25) is 5.02 Å². The second-order valence-electron chi connectivity index (χ2n) is 4.98. The van der Waals surface area contributed by atoms with Crippen molar-refractivity contribution in [3.63, 3.8) is 0 Å². The van der Waals surface area contributed by atoms with E-state index in [-0.39, 0.29) is 24.7 Å². The first-order chi connectivity index (χ1) is 10.0. The molecule has 0 aliphatic heterocycles. The Morgan fingerprint density at radius 1 is 1.43 bits per heavy atom. The predicted molar refractivity (Wildman–Crippen MR) is 75.5 cm³/mol. The Morgan fingerprint density at radius 3 is 2.86 bits per heavy atom. The number of carbonyl (C=O) groups excluding carboxylic acids is 1. The maximum absolute atomic E-state index is 12.3. The number of rotatable bonds is 8. The minimum Gasteiger partial charge on any atom is -0.434 e. The summed E-state index contributed by atoms with van der Waals surface area (Å²) >= 11 is 5.83. The van der Waals surface area contributed by atoms with Gasteiger partial charge in [0, 0.05) is 17.1 Å². The highest BCUT2D eigenvalue weighted by molar-refractivity contribution is 6.30. The van der Waals surface area contributed by atoms with Crippen LogP contribution in [-0.2, 0) is 11.3 Å². The molecule has 0 radical (unpaired) electrons. The molecular weight excluding hydrogens is 302 g/mol. The summed E-state index contributed by atoms with van der Waals surface area (Å²) in [6, 6.07) is 4.32. The van der Waals surface area contributed by atoms with Crippen molar-refractivity contribution < 1.29 is 18.3 Å². The Labute approximate surface area is 126 Å². The molecule has 116 valence electrons. The van der Waals surface area contributed by atoms with E-state index in [9.17, 15) is 13.6 Å². The molecule has 0 heterocycles. The van der Waals surface area contributed by atoms with Crippen LogP contribution >= 0.6 is 11.6 Å². The van der Waals surface area contributed by atoms with Crippen LogP contribution in [0.1, 0.15) is 18.4 Å².